The van der Waals surface area contributed by atoms with Crippen molar-refractivity contribution < 1.29 is 19.1 Å². The zero-order valence-corrected chi connectivity index (χ0v) is 5.05. The van der Waals surface area contributed by atoms with Crippen LogP contribution in [0.5, 0.6) is 0 Å². The third-order valence-corrected chi connectivity index (χ3v) is 1.41. The standard InChI is InChI=1S/C6H4O4/c7-3-1-9-6-4(8)2-10-5(3)6/h1-2H2. The maximum Gasteiger partial charge on any atom is 0.238 e. The fourth-order valence-corrected chi connectivity index (χ4v) is 0.952. The fraction of sp³-hybridized carbons (Fsp3) is 0.333. The minimum absolute atomic E-state index is 0.0452. The van der Waals surface area contributed by atoms with Gasteiger partial charge in [-0.2, -0.15) is 0 Å². The van der Waals surface area contributed by atoms with Crippen molar-refractivity contribution in [1.29, 1.82) is 0 Å². The summed E-state index contributed by atoms with van der Waals surface area (Å²) < 4.78 is 9.51. The second kappa shape index (κ2) is 1.59. The van der Waals surface area contributed by atoms with Crippen LogP contribution in [0, 0.1) is 0 Å². The van der Waals surface area contributed by atoms with E-state index in [1.165, 1.54) is 0 Å². The van der Waals surface area contributed by atoms with Crippen LogP contribution in [0.3, 0.4) is 0 Å². The number of ether oxygens (including phenoxy) is 2. The Hall–Kier alpha value is -1.32. The van der Waals surface area contributed by atoms with Gasteiger partial charge in [-0.15, -0.1) is 0 Å². The van der Waals surface area contributed by atoms with E-state index in [-0.39, 0.29) is 36.3 Å². The van der Waals surface area contributed by atoms with Crippen molar-refractivity contribution in [2.24, 2.45) is 0 Å². The van der Waals surface area contributed by atoms with Crippen molar-refractivity contribution in [3.63, 3.8) is 0 Å². The number of hydrogen-bond donors (Lipinski definition) is 0. The number of Topliss-reactive ketones (excluding diaryl/α,β-unsaturated/α-hetero) is 2. The van der Waals surface area contributed by atoms with Crippen LogP contribution in [0.4, 0.5) is 0 Å². The number of carbonyl (C=O) groups excluding carboxylic acids is 2. The Labute approximate surface area is 56.4 Å². The van der Waals surface area contributed by atoms with Gasteiger partial charge in [0, 0.05) is 0 Å². The molecule has 0 amide bonds. The summed E-state index contributed by atoms with van der Waals surface area (Å²) in [5.74, 6) is -0.239. The molecule has 0 aromatic carbocycles. The molecule has 0 aliphatic carbocycles. The summed E-state index contributed by atoms with van der Waals surface area (Å²) >= 11 is 0. The highest BCUT2D eigenvalue weighted by molar-refractivity contribution is 6.09. The van der Waals surface area contributed by atoms with Crippen LogP contribution in [0.1, 0.15) is 0 Å². The summed E-state index contributed by atoms with van der Waals surface area (Å²) in [7, 11) is 0. The largest absolute Gasteiger partial charge is 0.478 e. The normalized spacial score (nSPS) is 22.8. The molecule has 0 saturated carbocycles. The quantitative estimate of drug-likeness (QED) is 0.450. The molecule has 4 nitrogen and oxygen atoms in total. The second-order valence-electron chi connectivity index (χ2n) is 2.08. The molecule has 0 spiro atoms. The van der Waals surface area contributed by atoms with Crippen LogP contribution in [0.25, 0.3) is 0 Å². The Morgan fingerprint density at radius 3 is 1.70 bits per heavy atom. The van der Waals surface area contributed by atoms with E-state index in [2.05, 4.69) is 0 Å². The number of rotatable bonds is 0. The Morgan fingerprint density at radius 1 is 0.900 bits per heavy atom. The molecular formula is C6H4O4. The molecule has 2 aliphatic heterocycles. The molecule has 0 bridgehead atoms. The molecule has 4 heteroatoms. The molecule has 2 aliphatic rings. The zero-order valence-electron chi connectivity index (χ0n) is 5.05. The predicted molar refractivity (Wildman–Crippen MR) is 28.9 cm³/mol. The Morgan fingerprint density at radius 2 is 1.30 bits per heavy atom. The van der Waals surface area contributed by atoms with E-state index in [1.54, 1.807) is 0 Å². The minimum atomic E-state index is -0.235. The topological polar surface area (TPSA) is 52.6 Å². The van der Waals surface area contributed by atoms with Crippen molar-refractivity contribution >= 4 is 11.6 Å². The van der Waals surface area contributed by atoms with E-state index in [0.717, 1.165) is 0 Å². The molecular weight excluding hydrogens is 136 g/mol. The monoisotopic (exact) mass is 140 g/mol. The molecule has 2 heterocycles. The zero-order chi connectivity index (χ0) is 7.14. The van der Waals surface area contributed by atoms with E-state index < -0.39 is 0 Å². The van der Waals surface area contributed by atoms with Gasteiger partial charge in [0.2, 0.25) is 23.1 Å². The van der Waals surface area contributed by atoms with Crippen LogP contribution in [-0.4, -0.2) is 24.8 Å². The summed E-state index contributed by atoms with van der Waals surface area (Å²) in [6.07, 6.45) is 0. The first-order valence-electron chi connectivity index (χ1n) is 2.85. The first kappa shape index (κ1) is 5.46. The van der Waals surface area contributed by atoms with Gasteiger partial charge in [-0.05, 0) is 0 Å². The summed E-state index contributed by atoms with van der Waals surface area (Å²) in [5.41, 5.74) is 0. The maximum absolute atomic E-state index is 10.7. The maximum atomic E-state index is 10.7. The summed E-state index contributed by atoms with van der Waals surface area (Å²) in [5, 5.41) is 0. The lowest BCUT2D eigenvalue weighted by atomic mass is 10.3. The van der Waals surface area contributed by atoms with Crippen molar-refractivity contribution in [3.05, 3.63) is 11.5 Å². The van der Waals surface area contributed by atoms with E-state index in [1.807, 2.05) is 0 Å². The smallest absolute Gasteiger partial charge is 0.238 e. The lowest BCUT2D eigenvalue weighted by Crippen LogP contribution is -2.08. The van der Waals surface area contributed by atoms with E-state index in [0.29, 0.717) is 0 Å². The molecule has 0 unspecified atom stereocenters. The van der Waals surface area contributed by atoms with Gasteiger partial charge in [0.05, 0.1) is 0 Å². The molecule has 2 rings (SSSR count). The van der Waals surface area contributed by atoms with Crippen molar-refractivity contribution in [2.75, 3.05) is 13.2 Å². The first-order valence-corrected chi connectivity index (χ1v) is 2.85. The molecule has 52 valence electrons. The highest BCUT2D eigenvalue weighted by Crippen LogP contribution is 2.23. The number of carbonyl (C=O) groups is 2. The van der Waals surface area contributed by atoms with Gasteiger partial charge in [0.25, 0.3) is 0 Å². The lowest BCUT2D eigenvalue weighted by Gasteiger charge is -1.95. The van der Waals surface area contributed by atoms with Gasteiger partial charge in [-0.1, -0.05) is 0 Å². The third-order valence-electron chi connectivity index (χ3n) is 1.41. The molecule has 0 radical (unpaired) electrons. The molecule has 0 N–H and O–H groups in total. The number of ketones is 2. The van der Waals surface area contributed by atoms with Gasteiger partial charge < -0.3 is 9.47 Å². The average Bonchev–Trinajstić information content (AvgIpc) is 2.41. The van der Waals surface area contributed by atoms with E-state index in [9.17, 15) is 9.59 Å². The van der Waals surface area contributed by atoms with E-state index in [4.69, 9.17) is 9.47 Å². The summed E-state index contributed by atoms with van der Waals surface area (Å²) in [6.45, 7) is -0.0905. The van der Waals surface area contributed by atoms with Gasteiger partial charge in [-0.25, -0.2) is 0 Å². The van der Waals surface area contributed by atoms with E-state index >= 15 is 0 Å². The van der Waals surface area contributed by atoms with Crippen molar-refractivity contribution in [2.45, 2.75) is 0 Å². The van der Waals surface area contributed by atoms with Crippen LogP contribution in [0.15, 0.2) is 11.5 Å². The van der Waals surface area contributed by atoms with Gasteiger partial charge in [0.1, 0.15) is 0 Å². The Bertz CT molecular complexity index is 224. The molecule has 0 fully saturated rings. The predicted octanol–water partition coefficient (Wildman–Crippen LogP) is -0.603. The van der Waals surface area contributed by atoms with Crippen molar-refractivity contribution in [3.8, 4) is 0 Å². The summed E-state index contributed by atoms with van der Waals surface area (Å²) in [4.78, 5) is 21.5. The number of hydrogen-bond acceptors (Lipinski definition) is 4. The van der Waals surface area contributed by atoms with Crippen LogP contribution in [-0.2, 0) is 19.1 Å². The highest BCUT2D eigenvalue weighted by atomic mass is 16.6. The molecule has 10 heavy (non-hydrogen) atoms. The van der Waals surface area contributed by atoms with Crippen molar-refractivity contribution in [1.82, 2.24) is 0 Å². The van der Waals surface area contributed by atoms with Gasteiger partial charge >= 0.3 is 0 Å². The second-order valence-corrected chi connectivity index (χ2v) is 2.08. The van der Waals surface area contributed by atoms with Crippen LogP contribution >= 0.6 is 0 Å². The summed E-state index contributed by atoms with van der Waals surface area (Å²) in [6, 6.07) is 0. The Balaban J connectivity index is 2.43. The SMILES string of the molecule is O=C1COC2=C1OCC2=O. The molecule has 0 atom stereocenters. The molecule has 0 aromatic rings. The molecule has 0 saturated heterocycles. The Kier molecular flexibility index (Phi) is 0.869. The first-order chi connectivity index (χ1) is 4.79. The lowest BCUT2D eigenvalue weighted by molar-refractivity contribution is -0.123. The minimum Gasteiger partial charge on any atom is -0.478 e. The van der Waals surface area contributed by atoms with Crippen LogP contribution < -0.4 is 0 Å². The van der Waals surface area contributed by atoms with Gasteiger partial charge in [0.15, 0.2) is 13.2 Å². The highest BCUT2D eigenvalue weighted by Gasteiger charge is 2.36. The molecule has 0 aromatic heterocycles. The van der Waals surface area contributed by atoms with Gasteiger partial charge in [-0.3, -0.25) is 9.59 Å². The van der Waals surface area contributed by atoms with Crippen LogP contribution in [0.2, 0.25) is 0 Å². The average molecular weight is 140 g/mol. The fourth-order valence-electron chi connectivity index (χ4n) is 0.952. The third kappa shape index (κ3) is 0.504.